The van der Waals surface area contributed by atoms with Crippen LogP contribution < -0.4 is 19.8 Å². The van der Waals surface area contributed by atoms with E-state index in [1.807, 2.05) is 80.1 Å². The van der Waals surface area contributed by atoms with Crippen LogP contribution in [0.25, 0.3) is 32.6 Å². The molecule has 432 valence electrons. The Kier molecular flexibility index (Phi) is 16.3. The Morgan fingerprint density at radius 1 is 0.878 bits per heavy atom. The molecule has 0 unspecified atom stereocenters. The predicted molar refractivity (Wildman–Crippen MR) is 304 cm³/mol. The summed E-state index contributed by atoms with van der Waals surface area (Å²) in [6.07, 6.45) is 2.55. The number of ketones is 1. The fourth-order valence-corrected chi connectivity index (χ4v) is 13.9. The molecule has 82 heavy (non-hydrogen) atoms. The zero-order chi connectivity index (χ0) is 57.6. The number of carbonyl (C=O) groups is 3. The number of rotatable bonds is 17. The number of alkyl halides is 1. The number of hydrogen-bond donors (Lipinski definition) is 5. The van der Waals surface area contributed by atoms with Gasteiger partial charge in [0.05, 0.1) is 46.1 Å². The number of aliphatic hydroxyl groups excluding tert-OH is 2. The van der Waals surface area contributed by atoms with Gasteiger partial charge < -0.3 is 39.7 Å². The van der Waals surface area contributed by atoms with Crippen molar-refractivity contribution in [2.75, 3.05) is 80.0 Å². The molecular weight excluding hydrogens is 1100 g/mol. The molecule has 7 aromatic rings. The van der Waals surface area contributed by atoms with Crippen LogP contribution in [0.1, 0.15) is 84.4 Å². The number of fused-ring (bicyclic) bond motifs is 1. The highest BCUT2D eigenvalue weighted by Gasteiger charge is 2.44. The largest absolute Gasteiger partial charge is 0.394 e. The monoisotopic (exact) mass is 1160 g/mol. The fourth-order valence-electron chi connectivity index (χ4n) is 11.8. The summed E-state index contributed by atoms with van der Waals surface area (Å²) in [6.45, 7) is 9.73. The number of β-amino-alcohol motifs (C(OH)–C–C–N with tert-alkyl or cyclic N) is 1. The minimum absolute atomic E-state index is 0.00688. The van der Waals surface area contributed by atoms with E-state index >= 15 is 8.78 Å². The van der Waals surface area contributed by atoms with E-state index in [0.717, 1.165) is 95.9 Å². The summed E-state index contributed by atoms with van der Waals surface area (Å²) < 4.78 is 79.4. The van der Waals surface area contributed by atoms with E-state index in [2.05, 4.69) is 40.1 Å². The molecule has 4 saturated heterocycles. The van der Waals surface area contributed by atoms with E-state index in [-0.39, 0.29) is 49.9 Å². The topological polar surface area (TPSA) is 234 Å². The number of carbonyl (C=O) groups excluding carboxylic acids is 3. The van der Waals surface area contributed by atoms with Crippen LogP contribution >= 0.6 is 11.3 Å². The number of nitrogens with zero attached hydrogens (tertiary/aromatic N) is 8. The molecule has 11 rings (SSSR count). The molecule has 8 heterocycles. The van der Waals surface area contributed by atoms with Gasteiger partial charge in [0.2, 0.25) is 17.6 Å². The highest BCUT2D eigenvalue weighted by molar-refractivity contribution is 7.90. The standard InChI is InChI=1S/C58H64F3N11O8S2/c1-33(2)51(58(77)72-30-42(74)25-48(72)57(76)65-47(31-73)36-4-6-37(7-5-36)55-34(3)64-32-81-55)49-26-50(66-80-49)70-17-15-41(16-18-70)69-22-20-68(21-23-69)40-10-8-35(9-11-40)38-24-43-44(28-63-56(43)62-27-38)54(75)52-45(60)12-13-46(53(52)61)67-82(78,79)71-19-14-39(59)29-71/h4-13,24,26-28,32-33,39,41-42,47-48,51,67,73-74H,14-23,25,29-31H2,1-3H3,(H,62,63)(H,65,76)/t39-,42-,47+,48+,51-/m1/s1. The van der Waals surface area contributed by atoms with Gasteiger partial charge in [0.25, 0.3) is 0 Å². The van der Waals surface area contributed by atoms with Crippen molar-refractivity contribution in [1.29, 1.82) is 0 Å². The minimum Gasteiger partial charge on any atom is -0.394 e. The SMILES string of the molecule is Cc1ncsc1-c1ccc([C@H](CO)NC(=O)[C@@H]2C[C@@H](O)CN2C(=O)[C@@H](c2cc(N3CCC(N4CCN(c5ccc(-c6cnc7[nH]cc(C(=O)c8c(F)ccc(NS(=O)(=O)N9CC[C@@H](F)C9)c8F)c7c6)cc5)CC4)CC3)no2)C(C)C)cc1. The number of pyridine rings is 1. The Morgan fingerprint density at radius 3 is 2.28 bits per heavy atom. The van der Waals surface area contributed by atoms with Crippen molar-refractivity contribution in [3.05, 3.63) is 130 Å². The number of H-pyrrole nitrogens is 1. The maximum Gasteiger partial charge on any atom is 0.301 e. The number of amides is 2. The van der Waals surface area contributed by atoms with E-state index in [0.29, 0.717) is 39.8 Å². The van der Waals surface area contributed by atoms with Crippen molar-refractivity contribution in [1.82, 2.24) is 39.5 Å². The minimum atomic E-state index is -4.38. The van der Waals surface area contributed by atoms with Crippen molar-refractivity contribution in [2.45, 2.75) is 82.8 Å². The number of piperazine rings is 1. The second-order valence-electron chi connectivity index (χ2n) is 21.9. The van der Waals surface area contributed by atoms with Gasteiger partial charge in [0.15, 0.2) is 17.4 Å². The van der Waals surface area contributed by atoms with Crippen LogP contribution in [0, 0.1) is 24.5 Å². The first-order valence-electron chi connectivity index (χ1n) is 27.6. The summed E-state index contributed by atoms with van der Waals surface area (Å²) in [7, 11) is -4.38. The first-order chi connectivity index (χ1) is 39.4. The van der Waals surface area contributed by atoms with E-state index in [9.17, 15) is 37.4 Å². The molecule has 5 N–H and O–H groups in total. The molecule has 3 aromatic carbocycles. The Hall–Kier alpha value is -7.22. The van der Waals surface area contributed by atoms with E-state index < -0.39 is 81.6 Å². The second kappa shape index (κ2) is 23.6. The molecule has 4 fully saturated rings. The van der Waals surface area contributed by atoms with Crippen LogP contribution in [0.4, 0.5) is 30.4 Å². The number of aromatic nitrogens is 4. The highest BCUT2D eigenvalue weighted by Crippen LogP contribution is 2.36. The molecule has 24 heteroatoms. The molecule has 4 aliphatic rings. The lowest BCUT2D eigenvalue weighted by Crippen LogP contribution is -2.53. The third-order valence-corrected chi connectivity index (χ3v) is 18.9. The van der Waals surface area contributed by atoms with Gasteiger partial charge >= 0.3 is 10.2 Å². The lowest BCUT2D eigenvalue weighted by Gasteiger charge is -2.43. The number of anilines is 3. The van der Waals surface area contributed by atoms with Gasteiger partial charge in [-0.2, -0.15) is 12.7 Å². The molecule has 5 atom stereocenters. The molecular formula is C58H64F3N11O8S2. The maximum absolute atomic E-state index is 15.9. The number of aliphatic hydroxyl groups is 2. The molecule has 4 aliphatic heterocycles. The third kappa shape index (κ3) is 11.5. The van der Waals surface area contributed by atoms with Crippen molar-refractivity contribution < 1.29 is 50.7 Å². The number of nitrogens with one attached hydrogen (secondary N) is 3. The van der Waals surface area contributed by atoms with Crippen LogP contribution in [-0.2, 0) is 19.8 Å². The molecule has 0 radical (unpaired) electrons. The summed E-state index contributed by atoms with van der Waals surface area (Å²) in [5.41, 5.74) is 5.56. The summed E-state index contributed by atoms with van der Waals surface area (Å²) >= 11 is 1.54. The molecule has 4 aromatic heterocycles. The van der Waals surface area contributed by atoms with Gasteiger partial charge in [-0.15, -0.1) is 11.3 Å². The second-order valence-corrected chi connectivity index (χ2v) is 24.4. The number of aryl methyl sites for hydroxylation is 1. The average Bonchev–Trinajstić information content (AvgIpc) is 4.43. The lowest BCUT2D eigenvalue weighted by molar-refractivity contribution is -0.141. The van der Waals surface area contributed by atoms with Crippen molar-refractivity contribution in [3.63, 3.8) is 0 Å². The summed E-state index contributed by atoms with van der Waals surface area (Å²) in [5.74, 6) is -4.33. The normalized spacial score (nSPS) is 20.3. The third-order valence-electron chi connectivity index (χ3n) is 16.4. The van der Waals surface area contributed by atoms with Gasteiger partial charge in [-0.1, -0.05) is 55.4 Å². The first kappa shape index (κ1) is 56.6. The molecule has 0 spiro atoms. The molecule has 0 aliphatic carbocycles. The summed E-state index contributed by atoms with van der Waals surface area (Å²) in [6, 6.07) is 19.5. The van der Waals surface area contributed by atoms with Gasteiger partial charge in [0, 0.05) is 112 Å². The van der Waals surface area contributed by atoms with Crippen LogP contribution in [0.2, 0.25) is 0 Å². The van der Waals surface area contributed by atoms with Crippen LogP contribution in [-0.4, -0.2) is 160 Å². The van der Waals surface area contributed by atoms with Crippen LogP contribution in [0.5, 0.6) is 0 Å². The smallest absolute Gasteiger partial charge is 0.301 e. The zero-order valence-corrected chi connectivity index (χ0v) is 47.1. The van der Waals surface area contributed by atoms with Crippen LogP contribution in [0.3, 0.4) is 0 Å². The summed E-state index contributed by atoms with van der Waals surface area (Å²) in [5, 5.41) is 28.8. The maximum atomic E-state index is 15.9. The number of likely N-dealkylation sites (tertiary alicyclic amines) is 1. The zero-order valence-electron chi connectivity index (χ0n) is 45.5. The average molecular weight is 1160 g/mol. The first-order valence-corrected chi connectivity index (χ1v) is 29.9. The quantitative estimate of drug-likeness (QED) is 0.0568. The van der Waals surface area contributed by atoms with Crippen molar-refractivity contribution >= 4 is 67.4 Å². The Morgan fingerprint density at radius 2 is 1.61 bits per heavy atom. The summed E-state index contributed by atoms with van der Waals surface area (Å²) in [4.78, 5) is 63.4. The van der Waals surface area contributed by atoms with E-state index in [4.69, 9.17) is 4.52 Å². The number of thiazole rings is 1. The van der Waals surface area contributed by atoms with Crippen LogP contribution in [0.15, 0.2) is 95.2 Å². The molecule has 0 bridgehead atoms. The number of piperidine rings is 1. The number of hydrogen-bond acceptors (Lipinski definition) is 15. The highest BCUT2D eigenvalue weighted by atomic mass is 32.2. The Labute approximate surface area is 476 Å². The van der Waals surface area contributed by atoms with Crippen molar-refractivity contribution in [2.24, 2.45) is 5.92 Å². The predicted octanol–water partition coefficient (Wildman–Crippen LogP) is 7.20. The lowest BCUT2D eigenvalue weighted by atomic mass is 9.91. The molecule has 0 saturated carbocycles. The van der Waals surface area contributed by atoms with Crippen molar-refractivity contribution in [3.8, 4) is 21.6 Å². The number of aromatic amines is 1. The van der Waals surface area contributed by atoms with Gasteiger partial charge in [-0.05, 0) is 79.1 Å². The van der Waals surface area contributed by atoms with Gasteiger partial charge in [0.1, 0.15) is 29.6 Å². The van der Waals surface area contributed by atoms with E-state index in [1.165, 1.54) is 22.4 Å². The molecule has 2 amide bonds. The number of halogens is 3. The number of benzene rings is 3. The Balaban J connectivity index is 0.676. The molecule has 19 nitrogen and oxygen atoms in total. The van der Waals surface area contributed by atoms with E-state index in [1.54, 1.807) is 17.8 Å². The Bertz CT molecular complexity index is 3580. The van der Waals surface area contributed by atoms with Gasteiger partial charge in [-0.25, -0.2) is 23.1 Å². The van der Waals surface area contributed by atoms with Gasteiger partial charge in [-0.3, -0.25) is 24.0 Å². The fraction of sp³-hybridized carbons (Fsp3) is 0.414.